The highest BCUT2D eigenvalue weighted by Crippen LogP contribution is 2.13. The minimum absolute atomic E-state index is 0.503. The fourth-order valence-electron chi connectivity index (χ4n) is 2.77. The van der Waals surface area contributed by atoms with E-state index in [-0.39, 0.29) is 0 Å². The first-order valence-electron chi connectivity index (χ1n) is 7.45. The molecule has 0 unspecified atom stereocenters. The lowest BCUT2D eigenvalue weighted by Crippen LogP contribution is -3.13. The van der Waals surface area contributed by atoms with Gasteiger partial charge in [0.25, 0.3) is 0 Å². The molecule has 2 saturated heterocycles. The largest absolute Gasteiger partial charge is 0.333 e. The Bertz CT molecular complexity index is 433. The SMILES string of the molecule is CN1C(=O)C(C=NCC[NH+]2CCCCC2)C(=O)N(C)C1=O. The second-order valence-electron chi connectivity index (χ2n) is 5.67. The molecule has 0 bridgehead atoms. The van der Waals surface area contributed by atoms with Gasteiger partial charge in [-0.3, -0.25) is 24.4 Å². The third-order valence-corrected chi connectivity index (χ3v) is 4.18. The first kappa shape index (κ1) is 15.6. The molecule has 2 aliphatic heterocycles. The van der Waals surface area contributed by atoms with Crippen LogP contribution in [0, 0.1) is 5.92 Å². The number of piperidine rings is 1. The molecule has 0 radical (unpaired) electrons. The maximum absolute atomic E-state index is 11.9. The second-order valence-corrected chi connectivity index (χ2v) is 5.67. The fraction of sp³-hybridized carbons (Fsp3) is 0.714. The van der Waals surface area contributed by atoms with E-state index >= 15 is 0 Å². The number of hydrogen-bond donors (Lipinski definition) is 1. The number of urea groups is 1. The molecule has 0 aliphatic carbocycles. The number of amides is 4. The first-order valence-corrected chi connectivity index (χ1v) is 7.45. The van der Waals surface area contributed by atoms with E-state index in [4.69, 9.17) is 0 Å². The zero-order chi connectivity index (χ0) is 15.4. The van der Waals surface area contributed by atoms with Gasteiger partial charge in [0.2, 0.25) is 11.8 Å². The Morgan fingerprint density at radius 1 is 1.10 bits per heavy atom. The Balaban J connectivity index is 1.88. The third kappa shape index (κ3) is 3.47. The standard InChI is InChI=1S/C14H22N4O3/c1-16-12(19)11(13(20)17(2)14(16)21)10-15-6-9-18-7-4-3-5-8-18/h10-11H,3-9H2,1-2H3/p+1. The summed E-state index contributed by atoms with van der Waals surface area (Å²) in [5, 5.41) is 0. The highest BCUT2D eigenvalue weighted by atomic mass is 16.2. The highest BCUT2D eigenvalue weighted by molar-refractivity contribution is 6.23. The van der Waals surface area contributed by atoms with Crippen LogP contribution in [-0.2, 0) is 9.59 Å². The summed E-state index contributed by atoms with van der Waals surface area (Å²) in [5.74, 6) is -1.97. The molecule has 0 aromatic heterocycles. The predicted octanol–water partition coefficient (Wildman–Crippen LogP) is -1.21. The average molecular weight is 295 g/mol. The van der Waals surface area contributed by atoms with E-state index in [9.17, 15) is 14.4 Å². The van der Waals surface area contributed by atoms with Crippen LogP contribution in [0.2, 0.25) is 0 Å². The fourth-order valence-corrected chi connectivity index (χ4v) is 2.77. The van der Waals surface area contributed by atoms with Gasteiger partial charge in [-0.2, -0.15) is 0 Å². The van der Waals surface area contributed by atoms with Crippen molar-refractivity contribution in [3.8, 4) is 0 Å². The minimum atomic E-state index is -0.964. The molecule has 7 nitrogen and oxygen atoms in total. The number of quaternary nitrogens is 1. The molecule has 116 valence electrons. The van der Waals surface area contributed by atoms with Gasteiger partial charge in [-0.15, -0.1) is 0 Å². The Hall–Kier alpha value is -1.76. The van der Waals surface area contributed by atoms with E-state index in [0.29, 0.717) is 6.54 Å². The molecular weight excluding hydrogens is 272 g/mol. The van der Waals surface area contributed by atoms with Crippen LogP contribution in [0.1, 0.15) is 19.3 Å². The van der Waals surface area contributed by atoms with Crippen LogP contribution in [0.25, 0.3) is 0 Å². The van der Waals surface area contributed by atoms with E-state index in [1.165, 1.54) is 57.6 Å². The summed E-state index contributed by atoms with van der Waals surface area (Å²) in [6, 6.07) is -0.590. The molecule has 0 aromatic rings. The van der Waals surface area contributed by atoms with Crippen LogP contribution in [-0.4, -0.2) is 74.1 Å². The van der Waals surface area contributed by atoms with Crippen molar-refractivity contribution in [3.63, 3.8) is 0 Å². The normalized spacial score (nSPS) is 22.7. The lowest BCUT2D eigenvalue weighted by molar-refractivity contribution is -0.903. The summed E-state index contributed by atoms with van der Waals surface area (Å²) in [6.45, 7) is 3.89. The summed E-state index contributed by atoms with van der Waals surface area (Å²) in [4.78, 5) is 43.2. The molecule has 0 atom stereocenters. The number of carbonyl (C=O) groups is 3. The molecule has 2 fully saturated rings. The van der Waals surface area contributed by atoms with E-state index in [0.717, 1.165) is 16.3 Å². The van der Waals surface area contributed by atoms with Crippen molar-refractivity contribution in [2.45, 2.75) is 19.3 Å². The van der Waals surface area contributed by atoms with E-state index in [1.54, 1.807) is 0 Å². The number of nitrogens with zero attached hydrogens (tertiary/aromatic N) is 3. The van der Waals surface area contributed by atoms with Gasteiger partial charge < -0.3 is 4.90 Å². The molecule has 0 aromatic carbocycles. The van der Waals surface area contributed by atoms with Crippen LogP contribution in [0.4, 0.5) is 4.79 Å². The van der Waals surface area contributed by atoms with E-state index in [2.05, 4.69) is 4.99 Å². The third-order valence-electron chi connectivity index (χ3n) is 4.18. The summed E-state index contributed by atoms with van der Waals surface area (Å²) in [6.07, 6.45) is 5.23. The van der Waals surface area contributed by atoms with Gasteiger partial charge in [-0.05, 0) is 19.3 Å². The lowest BCUT2D eigenvalue weighted by atomic mass is 10.1. The Labute approximate surface area is 124 Å². The summed E-state index contributed by atoms with van der Waals surface area (Å²) < 4.78 is 0. The molecule has 2 rings (SSSR count). The van der Waals surface area contributed by atoms with Crippen LogP contribution >= 0.6 is 0 Å². The van der Waals surface area contributed by atoms with Crippen LogP contribution in [0.15, 0.2) is 4.99 Å². The van der Waals surface area contributed by atoms with Crippen LogP contribution < -0.4 is 4.90 Å². The summed E-state index contributed by atoms with van der Waals surface area (Å²) >= 11 is 0. The smallest absolute Gasteiger partial charge is 0.332 e. The Morgan fingerprint density at radius 2 is 1.67 bits per heavy atom. The van der Waals surface area contributed by atoms with Gasteiger partial charge in [-0.25, -0.2) is 4.79 Å². The molecule has 0 spiro atoms. The number of hydrogen-bond acceptors (Lipinski definition) is 4. The van der Waals surface area contributed by atoms with Gasteiger partial charge in [0.05, 0.1) is 26.2 Å². The van der Waals surface area contributed by atoms with Crippen LogP contribution in [0.5, 0.6) is 0 Å². The van der Waals surface area contributed by atoms with Gasteiger partial charge in [-0.1, -0.05) is 0 Å². The maximum Gasteiger partial charge on any atom is 0.332 e. The average Bonchev–Trinajstić information content (AvgIpc) is 2.51. The molecule has 1 N–H and O–H groups in total. The number of imide groups is 2. The predicted molar refractivity (Wildman–Crippen MR) is 77.2 cm³/mol. The monoisotopic (exact) mass is 295 g/mol. The lowest BCUT2D eigenvalue weighted by Gasteiger charge is -2.31. The number of barbiturate groups is 1. The number of likely N-dealkylation sites (tertiary alicyclic amines) is 1. The van der Waals surface area contributed by atoms with Gasteiger partial charge >= 0.3 is 6.03 Å². The Morgan fingerprint density at radius 3 is 2.24 bits per heavy atom. The maximum atomic E-state index is 11.9. The zero-order valence-electron chi connectivity index (χ0n) is 12.7. The molecule has 2 aliphatic rings. The highest BCUT2D eigenvalue weighted by Gasteiger charge is 2.41. The number of aliphatic imine (C=N–C) groups is 1. The van der Waals surface area contributed by atoms with Crippen LogP contribution in [0.3, 0.4) is 0 Å². The topological polar surface area (TPSA) is 74.5 Å². The molecule has 4 amide bonds. The van der Waals surface area contributed by atoms with Crippen molar-refractivity contribution in [2.75, 3.05) is 40.3 Å². The van der Waals surface area contributed by atoms with Gasteiger partial charge in [0, 0.05) is 20.3 Å². The summed E-state index contributed by atoms with van der Waals surface area (Å²) in [7, 11) is 2.76. The number of nitrogens with one attached hydrogen (secondary N) is 1. The van der Waals surface area contributed by atoms with Gasteiger partial charge in [0.1, 0.15) is 0 Å². The second kappa shape index (κ2) is 6.80. The van der Waals surface area contributed by atoms with Gasteiger partial charge in [0.15, 0.2) is 5.92 Å². The number of rotatable bonds is 4. The zero-order valence-corrected chi connectivity index (χ0v) is 12.7. The summed E-state index contributed by atoms with van der Waals surface area (Å²) in [5.41, 5.74) is 0. The molecule has 0 saturated carbocycles. The van der Waals surface area contributed by atoms with Crippen molar-refractivity contribution in [2.24, 2.45) is 10.9 Å². The molecule has 21 heavy (non-hydrogen) atoms. The quantitative estimate of drug-likeness (QED) is 0.522. The number of carbonyl (C=O) groups excluding carboxylic acids is 3. The minimum Gasteiger partial charge on any atom is -0.333 e. The Kier molecular flexibility index (Phi) is 5.06. The first-order chi connectivity index (χ1) is 10.0. The molecule has 7 heteroatoms. The van der Waals surface area contributed by atoms with Crippen molar-refractivity contribution in [1.29, 1.82) is 0 Å². The van der Waals surface area contributed by atoms with E-state index < -0.39 is 23.8 Å². The van der Waals surface area contributed by atoms with Crippen molar-refractivity contribution >= 4 is 24.1 Å². The van der Waals surface area contributed by atoms with Crippen molar-refractivity contribution in [3.05, 3.63) is 0 Å². The van der Waals surface area contributed by atoms with Crippen molar-refractivity contribution in [1.82, 2.24) is 9.80 Å². The van der Waals surface area contributed by atoms with E-state index in [1.807, 2.05) is 0 Å². The molecule has 2 heterocycles. The molecular formula is C14H23N4O3+. The van der Waals surface area contributed by atoms with Crippen molar-refractivity contribution < 1.29 is 19.3 Å².